The summed E-state index contributed by atoms with van der Waals surface area (Å²) in [6.07, 6.45) is 2.14. The molecule has 0 unspecified atom stereocenters. The standard InChI is InChI=1S/C22H22N4O3S2/c27-19(24-21-25-26-22(31-21)30-14-15-5-2-1-3-6-15)7-4-12-29-17-9-10-18-16(13-17)8-11-20(28)23-18/h1-3,5-6,9-10,13H,4,7-8,11-12,14H2,(H,23,28)(H,24,25,27). The number of anilines is 2. The van der Waals surface area contributed by atoms with Crippen LogP contribution in [0.5, 0.6) is 5.75 Å². The first-order chi connectivity index (χ1) is 15.2. The Balaban J connectivity index is 1.16. The zero-order chi connectivity index (χ0) is 21.5. The third-order valence-corrected chi connectivity index (χ3v) is 6.69. The average molecular weight is 455 g/mol. The number of ether oxygens (including phenoxy) is 1. The van der Waals surface area contributed by atoms with Crippen LogP contribution in [0.15, 0.2) is 52.9 Å². The molecule has 1 aliphatic heterocycles. The van der Waals surface area contributed by atoms with Gasteiger partial charge in [-0.3, -0.25) is 9.59 Å². The number of benzene rings is 2. The van der Waals surface area contributed by atoms with Crippen LogP contribution in [-0.2, 0) is 21.8 Å². The van der Waals surface area contributed by atoms with Gasteiger partial charge in [-0.2, -0.15) is 0 Å². The van der Waals surface area contributed by atoms with Crippen LogP contribution in [0.2, 0.25) is 0 Å². The number of aromatic nitrogens is 2. The minimum atomic E-state index is -0.104. The number of amides is 2. The Kier molecular flexibility index (Phi) is 7.16. The summed E-state index contributed by atoms with van der Waals surface area (Å²) >= 11 is 2.98. The SMILES string of the molecule is O=C(CCCOc1ccc2c(c1)CCC(=O)N2)Nc1nnc(SCc2ccccc2)s1. The van der Waals surface area contributed by atoms with Crippen LogP contribution < -0.4 is 15.4 Å². The first kappa shape index (κ1) is 21.3. The quantitative estimate of drug-likeness (QED) is 0.281. The van der Waals surface area contributed by atoms with Crippen LogP contribution >= 0.6 is 23.1 Å². The Labute approximate surface area is 188 Å². The minimum Gasteiger partial charge on any atom is -0.494 e. The van der Waals surface area contributed by atoms with E-state index in [2.05, 4.69) is 33.0 Å². The van der Waals surface area contributed by atoms with E-state index in [-0.39, 0.29) is 11.8 Å². The highest BCUT2D eigenvalue weighted by Gasteiger charge is 2.15. The molecule has 9 heteroatoms. The Bertz CT molecular complexity index is 1060. The molecule has 0 bridgehead atoms. The molecule has 3 aromatic rings. The number of rotatable bonds is 9. The van der Waals surface area contributed by atoms with E-state index in [1.54, 1.807) is 11.8 Å². The van der Waals surface area contributed by atoms with Gasteiger partial charge < -0.3 is 15.4 Å². The third kappa shape index (κ3) is 6.28. The summed E-state index contributed by atoms with van der Waals surface area (Å²) in [6.45, 7) is 0.437. The number of nitrogens with one attached hydrogen (secondary N) is 2. The first-order valence-corrected chi connectivity index (χ1v) is 11.8. The summed E-state index contributed by atoms with van der Waals surface area (Å²) in [6, 6.07) is 15.8. The average Bonchev–Trinajstić information content (AvgIpc) is 3.23. The van der Waals surface area contributed by atoms with E-state index < -0.39 is 0 Å². The molecule has 2 amide bonds. The monoisotopic (exact) mass is 454 g/mol. The van der Waals surface area contributed by atoms with Crippen LogP contribution in [0.1, 0.15) is 30.4 Å². The lowest BCUT2D eigenvalue weighted by atomic mass is 10.0. The fraction of sp³-hybridized carbons (Fsp3) is 0.273. The highest BCUT2D eigenvalue weighted by molar-refractivity contribution is 8.00. The lowest BCUT2D eigenvalue weighted by Gasteiger charge is -2.17. The molecule has 0 saturated carbocycles. The summed E-state index contributed by atoms with van der Waals surface area (Å²) in [4.78, 5) is 23.6. The van der Waals surface area contributed by atoms with Crippen molar-refractivity contribution in [3.05, 3.63) is 59.7 Å². The van der Waals surface area contributed by atoms with E-state index in [9.17, 15) is 9.59 Å². The van der Waals surface area contributed by atoms with Gasteiger partial charge in [-0.15, -0.1) is 10.2 Å². The number of carbonyl (C=O) groups excluding carboxylic acids is 2. The zero-order valence-corrected chi connectivity index (χ0v) is 18.4. The van der Waals surface area contributed by atoms with E-state index in [1.807, 2.05) is 36.4 Å². The highest BCUT2D eigenvalue weighted by atomic mass is 32.2. The lowest BCUT2D eigenvalue weighted by molar-refractivity contribution is -0.117. The number of hydrogen-bond acceptors (Lipinski definition) is 7. The number of carbonyl (C=O) groups is 2. The normalized spacial score (nSPS) is 12.7. The van der Waals surface area contributed by atoms with Crippen molar-refractivity contribution >= 4 is 45.7 Å². The zero-order valence-electron chi connectivity index (χ0n) is 16.8. The highest BCUT2D eigenvalue weighted by Crippen LogP contribution is 2.29. The molecule has 1 aliphatic rings. The molecular weight excluding hydrogens is 432 g/mol. The molecule has 7 nitrogen and oxygen atoms in total. The van der Waals surface area contributed by atoms with Crippen molar-refractivity contribution in [2.45, 2.75) is 35.8 Å². The molecule has 0 aliphatic carbocycles. The minimum absolute atomic E-state index is 0.0459. The summed E-state index contributed by atoms with van der Waals surface area (Å²) in [5.41, 5.74) is 3.14. The summed E-state index contributed by atoms with van der Waals surface area (Å²) in [7, 11) is 0. The van der Waals surface area contributed by atoms with Gasteiger partial charge in [0.05, 0.1) is 6.61 Å². The van der Waals surface area contributed by atoms with Gasteiger partial charge in [-0.25, -0.2) is 0 Å². The summed E-state index contributed by atoms with van der Waals surface area (Å²) in [5, 5.41) is 14.3. The summed E-state index contributed by atoms with van der Waals surface area (Å²) < 4.78 is 6.58. The second kappa shape index (κ2) is 10.4. The second-order valence-corrected chi connectivity index (χ2v) is 9.21. The molecule has 2 heterocycles. The van der Waals surface area contributed by atoms with E-state index in [0.29, 0.717) is 37.4 Å². The molecule has 0 atom stereocenters. The number of fused-ring (bicyclic) bond motifs is 1. The molecular formula is C22H22N4O3S2. The largest absolute Gasteiger partial charge is 0.494 e. The van der Waals surface area contributed by atoms with Gasteiger partial charge in [-0.1, -0.05) is 53.4 Å². The predicted octanol–water partition coefficient (Wildman–Crippen LogP) is 4.51. The van der Waals surface area contributed by atoms with Crippen molar-refractivity contribution in [2.75, 3.05) is 17.2 Å². The number of hydrogen-bond donors (Lipinski definition) is 2. The second-order valence-electron chi connectivity index (χ2n) is 7.01. The van der Waals surface area contributed by atoms with Gasteiger partial charge in [-0.05, 0) is 42.2 Å². The van der Waals surface area contributed by atoms with E-state index in [1.165, 1.54) is 16.9 Å². The molecule has 0 saturated heterocycles. The molecule has 2 aromatic carbocycles. The van der Waals surface area contributed by atoms with Gasteiger partial charge in [0.25, 0.3) is 0 Å². The smallest absolute Gasteiger partial charge is 0.226 e. The van der Waals surface area contributed by atoms with E-state index in [0.717, 1.165) is 27.1 Å². The van der Waals surface area contributed by atoms with Crippen molar-refractivity contribution in [2.24, 2.45) is 0 Å². The van der Waals surface area contributed by atoms with Gasteiger partial charge in [0.2, 0.25) is 16.9 Å². The van der Waals surface area contributed by atoms with Crippen LogP contribution in [0.4, 0.5) is 10.8 Å². The Morgan fingerprint density at radius 2 is 2.03 bits per heavy atom. The van der Waals surface area contributed by atoms with Gasteiger partial charge in [0, 0.05) is 24.3 Å². The maximum atomic E-state index is 12.2. The Hall–Kier alpha value is -2.91. The van der Waals surface area contributed by atoms with E-state index in [4.69, 9.17) is 4.74 Å². The fourth-order valence-electron chi connectivity index (χ4n) is 3.09. The van der Waals surface area contributed by atoms with Crippen molar-refractivity contribution in [1.29, 1.82) is 0 Å². The maximum Gasteiger partial charge on any atom is 0.226 e. The Morgan fingerprint density at radius 3 is 2.90 bits per heavy atom. The number of thioether (sulfide) groups is 1. The molecule has 0 spiro atoms. The molecule has 160 valence electrons. The van der Waals surface area contributed by atoms with Gasteiger partial charge in [0.1, 0.15) is 5.75 Å². The molecule has 0 radical (unpaired) electrons. The fourth-order valence-corrected chi connectivity index (χ4v) is 4.82. The van der Waals surface area contributed by atoms with Crippen LogP contribution in [0, 0.1) is 0 Å². The molecule has 1 aromatic heterocycles. The first-order valence-electron chi connectivity index (χ1n) is 10.0. The van der Waals surface area contributed by atoms with Crippen LogP contribution in [0.25, 0.3) is 0 Å². The summed E-state index contributed by atoms with van der Waals surface area (Å²) in [5.74, 6) is 1.51. The number of nitrogens with zero attached hydrogens (tertiary/aromatic N) is 2. The number of aryl methyl sites for hydroxylation is 1. The Morgan fingerprint density at radius 1 is 1.16 bits per heavy atom. The van der Waals surface area contributed by atoms with Crippen molar-refractivity contribution < 1.29 is 14.3 Å². The molecule has 0 fully saturated rings. The van der Waals surface area contributed by atoms with Crippen molar-refractivity contribution in [3.63, 3.8) is 0 Å². The molecule has 2 N–H and O–H groups in total. The third-order valence-electron chi connectivity index (χ3n) is 4.65. The maximum absolute atomic E-state index is 12.2. The van der Waals surface area contributed by atoms with Crippen molar-refractivity contribution in [3.8, 4) is 5.75 Å². The van der Waals surface area contributed by atoms with Crippen molar-refractivity contribution in [1.82, 2.24) is 10.2 Å². The molecule has 31 heavy (non-hydrogen) atoms. The van der Waals surface area contributed by atoms with Crippen LogP contribution in [-0.4, -0.2) is 28.6 Å². The van der Waals surface area contributed by atoms with Gasteiger partial charge >= 0.3 is 0 Å². The van der Waals surface area contributed by atoms with E-state index >= 15 is 0 Å². The molecule has 4 rings (SSSR count). The topological polar surface area (TPSA) is 93.2 Å². The van der Waals surface area contributed by atoms with Gasteiger partial charge in [0.15, 0.2) is 4.34 Å². The lowest BCUT2D eigenvalue weighted by Crippen LogP contribution is -2.18. The van der Waals surface area contributed by atoms with Crippen LogP contribution in [0.3, 0.4) is 0 Å². The predicted molar refractivity (Wildman–Crippen MR) is 123 cm³/mol.